The highest BCUT2D eigenvalue weighted by Crippen LogP contribution is 2.22. The van der Waals surface area contributed by atoms with E-state index >= 15 is 0 Å². The highest BCUT2D eigenvalue weighted by molar-refractivity contribution is 5.90. The predicted octanol–water partition coefficient (Wildman–Crippen LogP) is 3.75. The largest absolute Gasteiger partial charge is 0.361 e. The summed E-state index contributed by atoms with van der Waals surface area (Å²) in [5.74, 6) is 0.166. The van der Waals surface area contributed by atoms with Crippen molar-refractivity contribution in [1.82, 2.24) is 15.2 Å². The van der Waals surface area contributed by atoms with Gasteiger partial charge in [0.1, 0.15) is 0 Å². The minimum Gasteiger partial charge on any atom is -0.361 e. The fourth-order valence-corrected chi connectivity index (χ4v) is 4.29. The number of aromatic amines is 1. The molecule has 0 atom stereocenters. The smallest absolute Gasteiger partial charge is 0.224 e. The summed E-state index contributed by atoms with van der Waals surface area (Å²) in [6.45, 7) is 4.13. The van der Waals surface area contributed by atoms with E-state index < -0.39 is 0 Å². The third kappa shape index (κ3) is 4.40. The number of rotatable bonds is 7. The molecule has 0 bridgehead atoms. The number of aromatic nitrogens is 1. The molecule has 2 aromatic carbocycles. The molecule has 4 rings (SSSR count). The van der Waals surface area contributed by atoms with E-state index in [2.05, 4.69) is 47.6 Å². The number of hydrogen-bond donors (Lipinski definition) is 2. The maximum absolute atomic E-state index is 12.5. The van der Waals surface area contributed by atoms with Crippen molar-refractivity contribution in [2.24, 2.45) is 0 Å². The molecule has 3 aromatic rings. The quantitative estimate of drug-likeness (QED) is 0.590. The van der Waals surface area contributed by atoms with Gasteiger partial charge in [0.05, 0.1) is 6.42 Å². The van der Waals surface area contributed by atoms with Crippen molar-refractivity contribution in [3.05, 3.63) is 70.9 Å². The fraction of sp³-hybridized carbons (Fsp3) is 0.360. The summed E-state index contributed by atoms with van der Waals surface area (Å²) in [7, 11) is 0. The monoisotopic (exact) mass is 403 g/mol. The van der Waals surface area contributed by atoms with Gasteiger partial charge in [-0.3, -0.25) is 9.59 Å². The topological polar surface area (TPSA) is 65.2 Å². The molecule has 0 fully saturated rings. The summed E-state index contributed by atoms with van der Waals surface area (Å²) in [6.07, 6.45) is 5.29. The van der Waals surface area contributed by atoms with E-state index in [0.717, 1.165) is 35.9 Å². The zero-order valence-corrected chi connectivity index (χ0v) is 17.5. The summed E-state index contributed by atoms with van der Waals surface area (Å²) in [4.78, 5) is 30.1. The molecular formula is C25H29N3O2. The van der Waals surface area contributed by atoms with Crippen LogP contribution in [0.3, 0.4) is 0 Å². The van der Waals surface area contributed by atoms with Crippen LogP contribution < -0.4 is 5.32 Å². The summed E-state index contributed by atoms with van der Waals surface area (Å²) in [5.41, 5.74) is 5.99. The van der Waals surface area contributed by atoms with Gasteiger partial charge in [0, 0.05) is 43.2 Å². The van der Waals surface area contributed by atoms with Crippen LogP contribution in [0.5, 0.6) is 0 Å². The SMILES string of the molecule is CCc1cccc2c(CC(=O)NCCCC(=O)N3CCc4ccccc4C3)c[nH]c12. The van der Waals surface area contributed by atoms with E-state index in [9.17, 15) is 9.59 Å². The van der Waals surface area contributed by atoms with Crippen LogP contribution in [0.2, 0.25) is 0 Å². The average molecular weight is 404 g/mol. The molecule has 2 N–H and O–H groups in total. The summed E-state index contributed by atoms with van der Waals surface area (Å²) < 4.78 is 0. The number of hydrogen-bond acceptors (Lipinski definition) is 2. The fourth-order valence-electron chi connectivity index (χ4n) is 4.29. The lowest BCUT2D eigenvalue weighted by atomic mass is 9.99. The van der Waals surface area contributed by atoms with Crippen molar-refractivity contribution in [2.45, 2.75) is 45.6 Å². The zero-order chi connectivity index (χ0) is 20.9. The highest BCUT2D eigenvalue weighted by atomic mass is 16.2. The number of amides is 2. The average Bonchev–Trinajstić information content (AvgIpc) is 3.19. The Bertz CT molecular complexity index is 1050. The number of H-pyrrole nitrogens is 1. The standard InChI is InChI=1S/C25H29N3O2/c1-2-18-9-5-10-22-21(16-27-25(18)22)15-23(29)26-13-6-11-24(30)28-14-12-19-7-3-4-8-20(19)17-28/h3-5,7-10,16,27H,2,6,11-15,17H2,1H3,(H,26,29). The summed E-state index contributed by atoms with van der Waals surface area (Å²) >= 11 is 0. The number of nitrogens with one attached hydrogen (secondary N) is 2. The maximum atomic E-state index is 12.5. The Morgan fingerprint density at radius 3 is 2.73 bits per heavy atom. The van der Waals surface area contributed by atoms with E-state index in [1.165, 1.54) is 16.7 Å². The molecule has 2 amide bonds. The summed E-state index contributed by atoms with van der Waals surface area (Å²) in [6, 6.07) is 14.5. The van der Waals surface area contributed by atoms with Crippen molar-refractivity contribution in [3.8, 4) is 0 Å². The lowest BCUT2D eigenvalue weighted by molar-refractivity contribution is -0.132. The van der Waals surface area contributed by atoms with Gasteiger partial charge in [-0.25, -0.2) is 0 Å². The van der Waals surface area contributed by atoms with E-state index in [4.69, 9.17) is 0 Å². The lowest BCUT2D eigenvalue weighted by Gasteiger charge is -2.29. The Balaban J connectivity index is 1.22. The van der Waals surface area contributed by atoms with Gasteiger partial charge in [0.2, 0.25) is 11.8 Å². The zero-order valence-electron chi connectivity index (χ0n) is 17.5. The molecule has 5 heteroatoms. The number of benzene rings is 2. The molecule has 0 saturated heterocycles. The van der Waals surface area contributed by atoms with Gasteiger partial charge < -0.3 is 15.2 Å². The molecule has 0 radical (unpaired) electrons. The Hall–Kier alpha value is -3.08. The second kappa shape index (κ2) is 9.16. The Labute approximate surface area is 177 Å². The van der Waals surface area contributed by atoms with Crippen LogP contribution >= 0.6 is 0 Å². The van der Waals surface area contributed by atoms with E-state index in [1.807, 2.05) is 23.2 Å². The molecule has 0 unspecified atom stereocenters. The van der Waals surface area contributed by atoms with Gasteiger partial charge in [0.15, 0.2) is 0 Å². The van der Waals surface area contributed by atoms with Crippen LogP contribution in [-0.2, 0) is 35.4 Å². The number of nitrogens with zero attached hydrogens (tertiary/aromatic N) is 1. The molecule has 5 nitrogen and oxygen atoms in total. The Morgan fingerprint density at radius 1 is 1.07 bits per heavy atom. The minimum atomic E-state index is -0.00264. The number of aryl methyl sites for hydroxylation is 1. The normalized spacial score (nSPS) is 13.3. The van der Waals surface area contributed by atoms with E-state index in [0.29, 0.717) is 32.4 Å². The third-order valence-corrected chi connectivity index (χ3v) is 5.99. The first-order chi connectivity index (χ1) is 14.7. The number of carbonyl (C=O) groups excluding carboxylic acids is 2. The Kier molecular flexibility index (Phi) is 6.17. The van der Waals surface area contributed by atoms with Crippen molar-refractivity contribution >= 4 is 22.7 Å². The van der Waals surface area contributed by atoms with Gasteiger partial charge in [0.25, 0.3) is 0 Å². The second-order valence-corrected chi connectivity index (χ2v) is 7.97. The molecule has 30 heavy (non-hydrogen) atoms. The van der Waals surface area contributed by atoms with E-state index in [-0.39, 0.29) is 11.8 Å². The molecule has 0 aliphatic carbocycles. The number of fused-ring (bicyclic) bond motifs is 2. The molecule has 156 valence electrons. The maximum Gasteiger partial charge on any atom is 0.224 e. The number of para-hydroxylation sites is 1. The third-order valence-electron chi connectivity index (χ3n) is 5.99. The summed E-state index contributed by atoms with van der Waals surface area (Å²) in [5, 5.41) is 4.08. The first-order valence-electron chi connectivity index (χ1n) is 10.8. The van der Waals surface area contributed by atoms with Crippen LogP contribution in [0.1, 0.15) is 42.0 Å². The van der Waals surface area contributed by atoms with Crippen LogP contribution in [-0.4, -0.2) is 34.8 Å². The Morgan fingerprint density at radius 2 is 1.90 bits per heavy atom. The van der Waals surface area contributed by atoms with Gasteiger partial charge in [-0.1, -0.05) is 49.4 Å². The molecule has 1 aliphatic heterocycles. The van der Waals surface area contributed by atoms with E-state index in [1.54, 1.807) is 0 Å². The van der Waals surface area contributed by atoms with Gasteiger partial charge >= 0.3 is 0 Å². The minimum absolute atomic E-state index is 0.00264. The van der Waals surface area contributed by atoms with Crippen LogP contribution in [0.25, 0.3) is 10.9 Å². The first kappa shape index (κ1) is 20.2. The highest BCUT2D eigenvalue weighted by Gasteiger charge is 2.19. The molecule has 0 saturated carbocycles. The molecule has 1 aromatic heterocycles. The van der Waals surface area contributed by atoms with Gasteiger partial charge in [-0.15, -0.1) is 0 Å². The van der Waals surface area contributed by atoms with Gasteiger partial charge in [-0.2, -0.15) is 0 Å². The first-order valence-corrected chi connectivity index (χ1v) is 10.8. The van der Waals surface area contributed by atoms with Crippen LogP contribution in [0.15, 0.2) is 48.7 Å². The van der Waals surface area contributed by atoms with Crippen LogP contribution in [0.4, 0.5) is 0 Å². The predicted molar refractivity (Wildman–Crippen MR) is 119 cm³/mol. The van der Waals surface area contributed by atoms with Crippen molar-refractivity contribution < 1.29 is 9.59 Å². The lowest BCUT2D eigenvalue weighted by Crippen LogP contribution is -2.36. The van der Waals surface area contributed by atoms with Crippen LogP contribution in [0, 0.1) is 0 Å². The van der Waals surface area contributed by atoms with Crippen molar-refractivity contribution in [3.63, 3.8) is 0 Å². The molecule has 0 spiro atoms. The van der Waals surface area contributed by atoms with Crippen molar-refractivity contribution in [1.29, 1.82) is 0 Å². The molecular weight excluding hydrogens is 374 g/mol. The van der Waals surface area contributed by atoms with Crippen molar-refractivity contribution in [2.75, 3.05) is 13.1 Å². The number of carbonyl (C=O) groups is 2. The second-order valence-electron chi connectivity index (χ2n) is 7.97. The molecule has 1 aliphatic rings. The van der Waals surface area contributed by atoms with Gasteiger partial charge in [-0.05, 0) is 41.5 Å². The molecule has 2 heterocycles.